The number of rotatable bonds is 9. The van der Waals surface area contributed by atoms with E-state index in [1.165, 1.54) is 44.9 Å². The Morgan fingerprint density at radius 1 is 1.20 bits per heavy atom. The van der Waals surface area contributed by atoms with Crippen LogP contribution in [0.3, 0.4) is 0 Å². The maximum absolute atomic E-state index is 6.35. The van der Waals surface area contributed by atoms with Gasteiger partial charge in [0.05, 0.1) is 5.60 Å². The molecule has 0 heterocycles. The van der Waals surface area contributed by atoms with Gasteiger partial charge in [-0.05, 0) is 57.4 Å². The SMILES string of the molecule is CCCC(C)CC(NCC)C1(OCC)CCC(C)CC1. The molecule has 1 fully saturated rings. The molecule has 1 rings (SSSR count). The standard InChI is InChI=1S/C18H37NO/c1-6-9-16(5)14-17(19-7-2)18(20-8-3)12-10-15(4)11-13-18/h15-17,19H,6-14H2,1-5H3. The third-order valence-electron chi connectivity index (χ3n) is 5.06. The summed E-state index contributed by atoms with van der Waals surface area (Å²) >= 11 is 0. The summed E-state index contributed by atoms with van der Waals surface area (Å²) in [5.41, 5.74) is 0.0965. The second-order valence-corrected chi connectivity index (χ2v) is 6.92. The zero-order valence-corrected chi connectivity index (χ0v) is 14.5. The van der Waals surface area contributed by atoms with Gasteiger partial charge in [-0.25, -0.2) is 0 Å². The Morgan fingerprint density at radius 3 is 2.35 bits per heavy atom. The number of likely N-dealkylation sites (N-methyl/N-ethyl adjacent to an activating group) is 1. The Kier molecular flexibility index (Phi) is 8.13. The van der Waals surface area contributed by atoms with Crippen LogP contribution in [0.1, 0.15) is 79.6 Å². The van der Waals surface area contributed by atoms with Crippen molar-refractivity contribution in [2.24, 2.45) is 11.8 Å². The second-order valence-electron chi connectivity index (χ2n) is 6.92. The topological polar surface area (TPSA) is 21.3 Å². The van der Waals surface area contributed by atoms with Crippen LogP contribution in [0, 0.1) is 11.8 Å². The van der Waals surface area contributed by atoms with Crippen LogP contribution in [0.2, 0.25) is 0 Å². The summed E-state index contributed by atoms with van der Waals surface area (Å²) < 4.78 is 6.35. The normalized spacial score (nSPS) is 30.1. The van der Waals surface area contributed by atoms with E-state index in [0.29, 0.717) is 6.04 Å². The number of nitrogens with one attached hydrogen (secondary N) is 1. The van der Waals surface area contributed by atoms with E-state index in [2.05, 4.69) is 39.9 Å². The molecular formula is C18H37NO. The van der Waals surface area contributed by atoms with Gasteiger partial charge < -0.3 is 10.1 Å². The van der Waals surface area contributed by atoms with Gasteiger partial charge in [0.2, 0.25) is 0 Å². The number of hydrogen-bond donors (Lipinski definition) is 1. The molecule has 120 valence electrons. The quantitative estimate of drug-likeness (QED) is 0.658. The minimum absolute atomic E-state index is 0.0965. The summed E-state index contributed by atoms with van der Waals surface area (Å²) in [6.07, 6.45) is 9.00. The molecule has 2 nitrogen and oxygen atoms in total. The van der Waals surface area contributed by atoms with E-state index in [9.17, 15) is 0 Å². The summed E-state index contributed by atoms with van der Waals surface area (Å²) in [5, 5.41) is 3.76. The van der Waals surface area contributed by atoms with Crippen LogP contribution in [0.4, 0.5) is 0 Å². The summed E-state index contributed by atoms with van der Waals surface area (Å²) in [5.74, 6) is 1.67. The van der Waals surface area contributed by atoms with Gasteiger partial charge in [0.15, 0.2) is 0 Å². The van der Waals surface area contributed by atoms with Gasteiger partial charge in [0.25, 0.3) is 0 Å². The number of ether oxygens (including phenoxy) is 1. The minimum Gasteiger partial charge on any atom is -0.374 e. The highest BCUT2D eigenvalue weighted by Crippen LogP contribution is 2.39. The van der Waals surface area contributed by atoms with Gasteiger partial charge in [-0.1, -0.05) is 40.5 Å². The lowest BCUT2D eigenvalue weighted by atomic mass is 9.73. The molecule has 2 unspecified atom stereocenters. The first-order chi connectivity index (χ1) is 9.57. The molecule has 1 saturated carbocycles. The van der Waals surface area contributed by atoms with E-state index in [4.69, 9.17) is 4.74 Å². The minimum atomic E-state index is 0.0965. The van der Waals surface area contributed by atoms with Crippen LogP contribution >= 0.6 is 0 Å². The molecule has 0 aliphatic heterocycles. The zero-order chi connectivity index (χ0) is 15.0. The van der Waals surface area contributed by atoms with Crippen LogP contribution in [-0.4, -0.2) is 24.8 Å². The highest BCUT2D eigenvalue weighted by molar-refractivity contribution is 4.97. The Balaban J connectivity index is 2.76. The van der Waals surface area contributed by atoms with Gasteiger partial charge in [0.1, 0.15) is 0 Å². The van der Waals surface area contributed by atoms with Crippen molar-refractivity contribution in [2.45, 2.75) is 91.2 Å². The van der Waals surface area contributed by atoms with Crippen molar-refractivity contribution in [1.82, 2.24) is 5.32 Å². The van der Waals surface area contributed by atoms with Crippen LogP contribution in [-0.2, 0) is 4.74 Å². The van der Waals surface area contributed by atoms with Crippen molar-refractivity contribution in [1.29, 1.82) is 0 Å². The molecule has 0 aromatic rings. The zero-order valence-electron chi connectivity index (χ0n) is 14.5. The molecule has 1 aliphatic carbocycles. The smallest absolute Gasteiger partial charge is 0.0834 e. The lowest BCUT2D eigenvalue weighted by Gasteiger charge is -2.46. The number of hydrogen-bond acceptors (Lipinski definition) is 2. The third kappa shape index (κ3) is 5.04. The monoisotopic (exact) mass is 283 g/mol. The van der Waals surface area contributed by atoms with E-state index in [0.717, 1.165) is 25.0 Å². The molecular weight excluding hydrogens is 246 g/mol. The molecule has 20 heavy (non-hydrogen) atoms. The summed E-state index contributed by atoms with van der Waals surface area (Å²) in [4.78, 5) is 0. The van der Waals surface area contributed by atoms with Crippen molar-refractivity contribution < 1.29 is 4.74 Å². The van der Waals surface area contributed by atoms with E-state index in [1.54, 1.807) is 0 Å². The van der Waals surface area contributed by atoms with E-state index < -0.39 is 0 Å². The van der Waals surface area contributed by atoms with Crippen LogP contribution in [0.5, 0.6) is 0 Å². The van der Waals surface area contributed by atoms with Crippen molar-refractivity contribution in [2.75, 3.05) is 13.2 Å². The van der Waals surface area contributed by atoms with Gasteiger partial charge in [0, 0.05) is 12.6 Å². The molecule has 1 aliphatic rings. The molecule has 0 radical (unpaired) electrons. The lowest BCUT2D eigenvalue weighted by Crippen LogP contribution is -2.55. The van der Waals surface area contributed by atoms with E-state index in [-0.39, 0.29) is 5.60 Å². The summed E-state index contributed by atoms with van der Waals surface area (Å²) in [6.45, 7) is 13.4. The highest BCUT2D eigenvalue weighted by atomic mass is 16.5. The van der Waals surface area contributed by atoms with Gasteiger partial charge >= 0.3 is 0 Å². The van der Waals surface area contributed by atoms with Crippen molar-refractivity contribution in [3.63, 3.8) is 0 Å². The van der Waals surface area contributed by atoms with Crippen molar-refractivity contribution in [3.05, 3.63) is 0 Å². The van der Waals surface area contributed by atoms with Gasteiger partial charge in [-0.2, -0.15) is 0 Å². The third-order valence-corrected chi connectivity index (χ3v) is 5.06. The maximum Gasteiger partial charge on any atom is 0.0834 e. The molecule has 1 N–H and O–H groups in total. The van der Waals surface area contributed by atoms with Crippen molar-refractivity contribution in [3.8, 4) is 0 Å². The average molecular weight is 284 g/mol. The molecule has 0 bridgehead atoms. The predicted molar refractivity (Wildman–Crippen MR) is 88.1 cm³/mol. The van der Waals surface area contributed by atoms with Gasteiger partial charge in [-0.15, -0.1) is 0 Å². The molecule has 2 atom stereocenters. The summed E-state index contributed by atoms with van der Waals surface area (Å²) in [7, 11) is 0. The first kappa shape index (κ1) is 18.0. The van der Waals surface area contributed by atoms with Crippen molar-refractivity contribution >= 4 is 0 Å². The molecule has 0 aromatic carbocycles. The average Bonchev–Trinajstić information content (AvgIpc) is 2.42. The van der Waals surface area contributed by atoms with Crippen LogP contribution < -0.4 is 5.32 Å². The molecule has 0 spiro atoms. The van der Waals surface area contributed by atoms with E-state index >= 15 is 0 Å². The highest BCUT2D eigenvalue weighted by Gasteiger charge is 2.41. The molecule has 0 aromatic heterocycles. The van der Waals surface area contributed by atoms with Gasteiger partial charge in [-0.3, -0.25) is 0 Å². The maximum atomic E-state index is 6.35. The lowest BCUT2D eigenvalue weighted by molar-refractivity contribution is -0.0999. The molecule has 0 saturated heterocycles. The molecule has 0 amide bonds. The fraction of sp³-hybridized carbons (Fsp3) is 1.00. The Hall–Kier alpha value is -0.0800. The Bertz CT molecular complexity index is 246. The fourth-order valence-corrected chi connectivity index (χ4v) is 3.88. The van der Waals surface area contributed by atoms with E-state index in [1.807, 2.05) is 0 Å². The first-order valence-corrected chi connectivity index (χ1v) is 8.95. The largest absolute Gasteiger partial charge is 0.374 e. The van der Waals surface area contributed by atoms with Crippen LogP contribution in [0.25, 0.3) is 0 Å². The Labute approximate surface area is 127 Å². The second kappa shape index (κ2) is 9.04. The first-order valence-electron chi connectivity index (χ1n) is 8.95. The Morgan fingerprint density at radius 2 is 1.85 bits per heavy atom. The fourth-order valence-electron chi connectivity index (χ4n) is 3.88. The van der Waals surface area contributed by atoms with Crippen LogP contribution in [0.15, 0.2) is 0 Å². The predicted octanol–water partition coefficient (Wildman–Crippen LogP) is 4.78. The molecule has 2 heteroatoms. The summed E-state index contributed by atoms with van der Waals surface area (Å²) in [6, 6.07) is 0.529.